The molecule has 4 nitrogen and oxygen atoms in total. The number of hydrogen-bond donors (Lipinski definition) is 2. The van der Waals surface area contributed by atoms with E-state index in [1.54, 1.807) is 6.92 Å². The highest BCUT2D eigenvalue weighted by molar-refractivity contribution is 5.93. The maximum absolute atomic E-state index is 11.8. The van der Waals surface area contributed by atoms with Crippen molar-refractivity contribution in [3.63, 3.8) is 0 Å². The van der Waals surface area contributed by atoms with Crippen molar-refractivity contribution in [1.29, 1.82) is 0 Å². The number of aromatic hydroxyl groups is 2. The molecule has 0 heterocycles. The quantitative estimate of drug-likeness (QED) is 0.613. The Kier molecular flexibility index (Phi) is 5.67. The lowest BCUT2D eigenvalue weighted by Gasteiger charge is -2.15. The topological polar surface area (TPSA) is 66.8 Å². The number of hydrogen-bond acceptors (Lipinski definition) is 4. The smallest absolute Gasteiger partial charge is 0.342 e. The minimum Gasteiger partial charge on any atom is -0.508 e. The van der Waals surface area contributed by atoms with Crippen LogP contribution in [0, 0.1) is 0 Å². The van der Waals surface area contributed by atoms with Crippen molar-refractivity contribution < 1.29 is 19.7 Å². The van der Waals surface area contributed by atoms with Gasteiger partial charge in [0.2, 0.25) is 0 Å². The molecule has 0 radical (unpaired) electrons. The molecule has 106 valence electrons. The predicted molar refractivity (Wildman–Crippen MR) is 73.7 cm³/mol. The second-order valence-electron chi connectivity index (χ2n) is 4.47. The van der Waals surface area contributed by atoms with Crippen molar-refractivity contribution in [2.75, 3.05) is 6.61 Å². The fourth-order valence-corrected chi connectivity index (χ4v) is 2.16. The van der Waals surface area contributed by atoms with Gasteiger partial charge in [-0.3, -0.25) is 0 Å². The third-order valence-electron chi connectivity index (χ3n) is 2.99. The Morgan fingerprint density at radius 3 is 2.21 bits per heavy atom. The molecule has 4 heteroatoms. The summed E-state index contributed by atoms with van der Waals surface area (Å²) in [7, 11) is 0. The summed E-state index contributed by atoms with van der Waals surface area (Å²) in [6.45, 7) is 5.93. The number of ether oxygens (including phenoxy) is 1. The molecule has 0 spiro atoms. The highest BCUT2D eigenvalue weighted by atomic mass is 16.5. The Morgan fingerprint density at radius 2 is 1.68 bits per heavy atom. The molecular formula is C15H22O4. The maximum atomic E-state index is 11.8. The molecule has 0 amide bonds. The van der Waals surface area contributed by atoms with Crippen LogP contribution in [-0.2, 0) is 17.6 Å². The summed E-state index contributed by atoms with van der Waals surface area (Å²) in [6.07, 6.45) is 3.00. The fourth-order valence-electron chi connectivity index (χ4n) is 2.16. The molecule has 0 unspecified atom stereocenters. The van der Waals surface area contributed by atoms with E-state index in [9.17, 15) is 15.0 Å². The number of rotatable bonds is 6. The first-order valence-electron chi connectivity index (χ1n) is 6.80. The van der Waals surface area contributed by atoms with Gasteiger partial charge in [-0.2, -0.15) is 0 Å². The van der Waals surface area contributed by atoms with Crippen molar-refractivity contribution in [1.82, 2.24) is 0 Å². The predicted octanol–water partition coefficient (Wildman–Crippen LogP) is 3.18. The third kappa shape index (κ3) is 3.40. The van der Waals surface area contributed by atoms with Crippen molar-refractivity contribution in [2.45, 2.75) is 46.5 Å². The SMILES string of the molecule is CCCc1c(O)cc(C(=O)OCC)c(O)c1CCC. The Balaban J connectivity index is 3.33. The molecule has 19 heavy (non-hydrogen) atoms. The molecule has 1 aromatic carbocycles. The molecule has 0 fully saturated rings. The van der Waals surface area contributed by atoms with Gasteiger partial charge in [0.05, 0.1) is 6.61 Å². The number of phenols is 2. The van der Waals surface area contributed by atoms with E-state index in [0.717, 1.165) is 18.4 Å². The molecule has 0 aliphatic heterocycles. The first kappa shape index (κ1) is 15.3. The van der Waals surface area contributed by atoms with Crippen LogP contribution in [-0.4, -0.2) is 22.8 Å². The average molecular weight is 266 g/mol. The van der Waals surface area contributed by atoms with Gasteiger partial charge in [0.1, 0.15) is 17.1 Å². The van der Waals surface area contributed by atoms with Crippen LogP contribution in [0.3, 0.4) is 0 Å². The molecular weight excluding hydrogens is 244 g/mol. The van der Waals surface area contributed by atoms with Gasteiger partial charge in [0, 0.05) is 11.1 Å². The molecule has 2 N–H and O–H groups in total. The zero-order valence-corrected chi connectivity index (χ0v) is 11.8. The first-order valence-corrected chi connectivity index (χ1v) is 6.80. The van der Waals surface area contributed by atoms with E-state index in [0.29, 0.717) is 18.4 Å². The molecule has 0 saturated carbocycles. The molecule has 1 rings (SSSR count). The number of carbonyl (C=O) groups is 1. The first-order chi connectivity index (χ1) is 9.06. The van der Waals surface area contributed by atoms with Crippen LogP contribution in [0.2, 0.25) is 0 Å². The highest BCUT2D eigenvalue weighted by Gasteiger charge is 2.21. The summed E-state index contributed by atoms with van der Waals surface area (Å²) in [5.74, 6) is -0.594. The summed E-state index contributed by atoms with van der Waals surface area (Å²) in [5, 5.41) is 20.3. The van der Waals surface area contributed by atoms with Gasteiger partial charge in [-0.1, -0.05) is 26.7 Å². The van der Waals surface area contributed by atoms with Crippen LogP contribution in [0.25, 0.3) is 0 Å². The normalized spacial score (nSPS) is 10.5. The second-order valence-corrected chi connectivity index (χ2v) is 4.47. The van der Waals surface area contributed by atoms with E-state index in [1.165, 1.54) is 6.07 Å². The minimum atomic E-state index is -0.601. The molecule has 0 aromatic heterocycles. The Hall–Kier alpha value is -1.71. The van der Waals surface area contributed by atoms with Crippen molar-refractivity contribution >= 4 is 5.97 Å². The standard InChI is InChI=1S/C15H22O4/c1-4-7-10-11(8-5-2)14(17)12(9-13(10)16)15(18)19-6-3/h9,16-17H,4-8H2,1-3H3. The Labute approximate surface area is 114 Å². The summed E-state index contributed by atoms with van der Waals surface area (Å²) in [5.41, 5.74) is 1.44. The van der Waals surface area contributed by atoms with Crippen LogP contribution in [0.15, 0.2) is 6.07 Å². The molecule has 0 aliphatic rings. The van der Waals surface area contributed by atoms with Gasteiger partial charge in [-0.05, 0) is 25.8 Å². The van der Waals surface area contributed by atoms with E-state index in [2.05, 4.69) is 0 Å². The molecule has 0 atom stereocenters. The number of esters is 1. The minimum absolute atomic E-state index is 0.0441. The van der Waals surface area contributed by atoms with Gasteiger partial charge >= 0.3 is 5.97 Å². The van der Waals surface area contributed by atoms with Crippen LogP contribution in [0.5, 0.6) is 11.5 Å². The average Bonchev–Trinajstić information content (AvgIpc) is 2.38. The van der Waals surface area contributed by atoms with Gasteiger partial charge < -0.3 is 14.9 Å². The lowest BCUT2D eigenvalue weighted by Crippen LogP contribution is -2.08. The lowest BCUT2D eigenvalue weighted by atomic mass is 9.94. The monoisotopic (exact) mass is 266 g/mol. The highest BCUT2D eigenvalue weighted by Crippen LogP contribution is 2.35. The van der Waals surface area contributed by atoms with Crippen LogP contribution >= 0.6 is 0 Å². The van der Waals surface area contributed by atoms with Gasteiger partial charge in [0.25, 0.3) is 0 Å². The number of benzene rings is 1. The van der Waals surface area contributed by atoms with E-state index in [1.807, 2.05) is 13.8 Å². The Bertz CT molecular complexity index is 452. The van der Waals surface area contributed by atoms with Crippen LogP contribution in [0.4, 0.5) is 0 Å². The van der Waals surface area contributed by atoms with Crippen molar-refractivity contribution in [2.24, 2.45) is 0 Å². The van der Waals surface area contributed by atoms with E-state index >= 15 is 0 Å². The van der Waals surface area contributed by atoms with Crippen LogP contribution in [0.1, 0.15) is 55.1 Å². The molecule has 0 bridgehead atoms. The Morgan fingerprint density at radius 1 is 1.11 bits per heavy atom. The van der Waals surface area contributed by atoms with Gasteiger partial charge in [-0.15, -0.1) is 0 Å². The summed E-state index contributed by atoms with van der Waals surface area (Å²) in [4.78, 5) is 11.8. The number of carbonyl (C=O) groups excluding carboxylic acids is 1. The maximum Gasteiger partial charge on any atom is 0.342 e. The third-order valence-corrected chi connectivity index (χ3v) is 2.99. The van der Waals surface area contributed by atoms with Crippen LogP contribution < -0.4 is 0 Å². The molecule has 1 aromatic rings. The van der Waals surface area contributed by atoms with E-state index in [4.69, 9.17) is 4.74 Å². The lowest BCUT2D eigenvalue weighted by molar-refractivity contribution is 0.0522. The van der Waals surface area contributed by atoms with Gasteiger partial charge in [0.15, 0.2) is 0 Å². The van der Waals surface area contributed by atoms with Gasteiger partial charge in [-0.25, -0.2) is 4.79 Å². The molecule has 0 saturated heterocycles. The molecule has 0 aliphatic carbocycles. The summed E-state index contributed by atoms with van der Waals surface area (Å²) in [6, 6.07) is 1.30. The summed E-state index contributed by atoms with van der Waals surface area (Å²) >= 11 is 0. The largest absolute Gasteiger partial charge is 0.508 e. The zero-order valence-electron chi connectivity index (χ0n) is 11.8. The number of phenolic OH excluding ortho intramolecular Hbond substituents is 2. The van der Waals surface area contributed by atoms with E-state index < -0.39 is 5.97 Å². The van der Waals surface area contributed by atoms with Crippen molar-refractivity contribution in [3.8, 4) is 11.5 Å². The summed E-state index contributed by atoms with van der Waals surface area (Å²) < 4.78 is 4.89. The van der Waals surface area contributed by atoms with Crippen molar-refractivity contribution in [3.05, 3.63) is 22.8 Å². The zero-order chi connectivity index (χ0) is 14.4. The second kappa shape index (κ2) is 7.02. The van der Waals surface area contributed by atoms with E-state index in [-0.39, 0.29) is 23.7 Å². The fraction of sp³-hybridized carbons (Fsp3) is 0.533.